The number of nitrogens with zero attached hydrogens (tertiary/aromatic N) is 2. The first-order valence-electron chi connectivity index (χ1n) is 6.67. The minimum atomic E-state index is -3.00. The molecule has 0 bridgehead atoms. The summed E-state index contributed by atoms with van der Waals surface area (Å²) in [6.45, 7) is -2.10. The van der Waals surface area contributed by atoms with Crippen LogP contribution in [-0.2, 0) is 13.1 Å². The standard InChI is InChI=1S/C15H16F2N4O/c16-15(17)21(20-22)14-4-2-1-3-13(14)19-10-12-7-5-11(9-18)6-8-12/h1-8,15,19H,9-10,18H2. The maximum atomic E-state index is 12.8. The second kappa shape index (κ2) is 7.46. The van der Waals surface area contributed by atoms with Gasteiger partial charge in [0.2, 0.25) is 0 Å². The zero-order valence-electron chi connectivity index (χ0n) is 11.7. The first kappa shape index (κ1) is 15.8. The average molecular weight is 306 g/mol. The SMILES string of the molecule is NCc1ccc(CNc2ccccc2N(N=O)C(F)F)cc1. The van der Waals surface area contributed by atoms with Crippen LogP contribution in [0.4, 0.5) is 20.2 Å². The van der Waals surface area contributed by atoms with Gasteiger partial charge in [-0.1, -0.05) is 36.4 Å². The number of rotatable bonds is 7. The van der Waals surface area contributed by atoms with E-state index in [-0.39, 0.29) is 10.7 Å². The van der Waals surface area contributed by atoms with Crippen LogP contribution in [0.1, 0.15) is 11.1 Å². The van der Waals surface area contributed by atoms with E-state index in [1.807, 2.05) is 24.3 Å². The van der Waals surface area contributed by atoms with Crippen LogP contribution >= 0.6 is 0 Å². The summed E-state index contributed by atoms with van der Waals surface area (Å²) in [6, 6.07) is 13.9. The minimum absolute atomic E-state index is 0.0334. The molecule has 2 aromatic carbocycles. The number of para-hydroxylation sites is 2. The van der Waals surface area contributed by atoms with Crippen LogP contribution in [0.15, 0.2) is 53.8 Å². The van der Waals surface area contributed by atoms with Crippen LogP contribution in [0.2, 0.25) is 0 Å². The summed E-state index contributed by atoms with van der Waals surface area (Å²) in [4.78, 5) is 10.6. The van der Waals surface area contributed by atoms with E-state index in [1.54, 1.807) is 18.2 Å². The molecular formula is C15H16F2N4O. The third kappa shape index (κ3) is 3.76. The monoisotopic (exact) mass is 306 g/mol. The Bertz CT molecular complexity index is 619. The van der Waals surface area contributed by atoms with Crippen molar-refractivity contribution in [2.45, 2.75) is 19.6 Å². The van der Waals surface area contributed by atoms with Crippen molar-refractivity contribution < 1.29 is 8.78 Å². The summed E-state index contributed by atoms with van der Waals surface area (Å²) in [5.74, 6) is 0. The molecule has 0 heterocycles. The summed E-state index contributed by atoms with van der Waals surface area (Å²) in [6.07, 6.45) is 0. The molecule has 0 unspecified atom stereocenters. The molecule has 2 rings (SSSR count). The fraction of sp³-hybridized carbons (Fsp3) is 0.200. The van der Waals surface area contributed by atoms with Crippen LogP contribution in [0.5, 0.6) is 0 Å². The predicted molar refractivity (Wildman–Crippen MR) is 82.4 cm³/mol. The zero-order chi connectivity index (χ0) is 15.9. The van der Waals surface area contributed by atoms with Crippen molar-refractivity contribution >= 4 is 11.4 Å². The van der Waals surface area contributed by atoms with Gasteiger partial charge in [-0.3, -0.25) is 0 Å². The van der Waals surface area contributed by atoms with E-state index in [2.05, 4.69) is 10.6 Å². The van der Waals surface area contributed by atoms with Gasteiger partial charge in [0.1, 0.15) is 0 Å². The summed E-state index contributed by atoms with van der Waals surface area (Å²) < 4.78 is 25.6. The van der Waals surface area contributed by atoms with Gasteiger partial charge in [0, 0.05) is 13.1 Å². The molecule has 0 saturated carbocycles. The lowest BCUT2D eigenvalue weighted by molar-refractivity contribution is 0.143. The summed E-state index contributed by atoms with van der Waals surface area (Å²) in [5.41, 5.74) is 7.95. The maximum Gasteiger partial charge on any atom is 0.336 e. The fourth-order valence-corrected chi connectivity index (χ4v) is 2.00. The van der Waals surface area contributed by atoms with Crippen molar-refractivity contribution in [3.8, 4) is 0 Å². The molecule has 0 aliphatic heterocycles. The van der Waals surface area contributed by atoms with Crippen molar-refractivity contribution in [3.05, 3.63) is 64.6 Å². The van der Waals surface area contributed by atoms with Crippen LogP contribution in [-0.4, -0.2) is 6.55 Å². The Kier molecular flexibility index (Phi) is 5.37. The number of hydrogen-bond donors (Lipinski definition) is 2. The molecule has 0 aromatic heterocycles. The number of nitrogens with two attached hydrogens (primary N) is 1. The highest BCUT2D eigenvalue weighted by Crippen LogP contribution is 2.28. The van der Waals surface area contributed by atoms with Gasteiger partial charge in [0.15, 0.2) is 0 Å². The molecule has 2 aromatic rings. The first-order valence-corrected chi connectivity index (χ1v) is 6.67. The Morgan fingerprint density at radius 3 is 2.32 bits per heavy atom. The fourth-order valence-electron chi connectivity index (χ4n) is 2.00. The van der Waals surface area contributed by atoms with Crippen LogP contribution in [0, 0.1) is 4.91 Å². The van der Waals surface area contributed by atoms with E-state index in [1.165, 1.54) is 6.07 Å². The molecule has 0 fully saturated rings. The number of nitroso groups, excluding NO2 is 1. The maximum absolute atomic E-state index is 12.8. The number of anilines is 2. The average Bonchev–Trinajstić information content (AvgIpc) is 2.55. The van der Waals surface area contributed by atoms with Gasteiger partial charge in [0.05, 0.1) is 16.7 Å². The second-order valence-corrected chi connectivity index (χ2v) is 4.60. The normalized spacial score (nSPS) is 10.5. The van der Waals surface area contributed by atoms with E-state index in [9.17, 15) is 13.7 Å². The number of nitrogens with one attached hydrogen (secondary N) is 1. The van der Waals surface area contributed by atoms with Crippen molar-refractivity contribution in [2.24, 2.45) is 11.0 Å². The molecule has 0 spiro atoms. The Balaban J connectivity index is 2.13. The molecule has 0 atom stereocenters. The van der Waals surface area contributed by atoms with E-state index in [0.717, 1.165) is 11.1 Å². The predicted octanol–water partition coefficient (Wildman–Crippen LogP) is 3.47. The third-order valence-corrected chi connectivity index (χ3v) is 3.17. The first-order chi connectivity index (χ1) is 10.7. The Hall–Kier alpha value is -2.54. The van der Waals surface area contributed by atoms with Crippen LogP contribution < -0.4 is 16.1 Å². The van der Waals surface area contributed by atoms with E-state index >= 15 is 0 Å². The van der Waals surface area contributed by atoms with E-state index in [0.29, 0.717) is 18.8 Å². The number of hydrogen-bond acceptors (Lipinski definition) is 4. The highest BCUT2D eigenvalue weighted by atomic mass is 19.3. The largest absolute Gasteiger partial charge is 0.379 e. The molecule has 3 N–H and O–H groups in total. The van der Waals surface area contributed by atoms with E-state index in [4.69, 9.17) is 5.73 Å². The molecule has 0 amide bonds. The molecule has 116 valence electrons. The number of alkyl halides is 2. The van der Waals surface area contributed by atoms with Gasteiger partial charge >= 0.3 is 6.55 Å². The Morgan fingerprint density at radius 2 is 1.73 bits per heavy atom. The van der Waals surface area contributed by atoms with Gasteiger partial charge in [-0.15, -0.1) is 4.91 Å². The summed E-state index contributed by atoms with van der Waals surface area (Å²) in [5, 5.41) is 5.55. The molecule has 7 heteroatoms. The number of benzene rings is 2. The molecule has 0 aliphatic rings. The summed E-state index contributed by atoms with van der Waals surface area (Å²) >= 11 is 0. The lowest BCUT2D eigenvalue weighted by Crippen LogP contribution is -2.22. The minimum Gasteiger partial charge on any atom is -0.379 e. The molecular weight excluding hydrogens is 290 g/mol. The van der Waals surface area contributed by atoms with Gasteiger partial charge < -0.3 is 11.1 Å². The molecule has 0 aliphatic carbocycles. The molecule has 22 heavy (non-hydrogen) atoms. The van der Waals surface area contributed by atoms with Crippen molar-refractivity contribution in [3.63, 3.8) is 0 Å². The quantitative estimate of drug-likeness (QED) is 0.467. The van der Waals surface area contributed by atoms with Gasteiger partial charge in [-0.25, -0.2) is 0 Å². The van der Waals surface area contributed by atoms with Gasteiger partial charge in [0.25, 0.3) is 0 Å². The van der Waals surface area contributed by atoms with Crippen LogP contribution in [0.25, 0.3) is 0 Å². The molecule has 0 saturated heterocycles. The molecule has 5 nitrogen and oxygen atoms in total. The third-order valence-electron chi connectivity index (χ3n) is 3.17. The van der Waals surface area contributed by atoms with Crippen molar-refractivity contribution in [2.75, 3.05) is 10.3 Å². The Morgan fingerprint density at radius 1 is 1.09 bits per heavy atom. The molecule has 0 radical (unpaired) electrons. The lowest BCUT2D eigenvalue weighted by Gasteiger charge is -2.18. The highest BCUT2D eigenvalue weighted by Gasteiger charge is 2.20. The second-order valence-electron chi connectivity index (χ2n) is 4.60. The Labute approximate surface area is 126 Å². The highest BCUT2D eigenvalue weighted by molar-refractivity contribution is 5.69. The van der Waals surface area contributed by atoms with Gasteiger partial charge in [-0.2, -0.15) is 13.8 Å². The summed E-state index contributed by atoms with van der Waals surface area (Å²) in [7, 11) is 0. The smallest absolute Gasteiger partial charge is 0.336 e. The van der Waals surface area contributed by atoms with Crippen LogP contribution in [0.3, 0.4) is 0 Å². The lowest BCUT2D eigenvalue weighted by atomic mass is 10.1. The zero-order valence-corrected chi connectivity index (χ0v) is 11.7. The number of halogens is 2. The van der Waals surface area contributed by atoms with Gasteiger partial charge in [-0.05, 0) is 23.3 Å². The van der Waals surface area contributed by atoms with Crippen molar-refractivity contribution in [1.29, 1.82) is 0 Å². The van der Waals surface area contributed by atoms with Crippen molar-refractivity contribution in [1.82, 2.24) is 0 Å². The van der Waals surface area contributed by atoms with E-state index < -0.39 is 6.55 Å². The topological polar surface area (TPSA) is 70.7 Å².